The van der Waals surface area contributed by atoms with Gasteiger partial charge in [0.25, 0.3) is 0 Å². The average Bonchev–Trinajstić information content (AvgIpc) is 2.54. The van der Waals surface area contributed by atoms with Crippen LogP contribution in [0, 0.1) is 5.82 Å². The van der Waals surface area contributed by atoms with Crippen LogP contribution in [0.1, 0.15) is 44.2 Å². The molecule has 0 bridgehead atoms. The van der Waals surface area contributed by atoms with Gasteiger partial charge in [0.1, 0.15) is 5.82 Å². The number of rotatable bonds is 8. The maximum absolute atomic E-state index is 14.5. The molecule has 22 heavy (non-hydrogen) atoms. The Kier molecular flexibility index (Phi) is 8.19. The summed E-state index contributed by atoms with van der Waals surface area (Å²) < 4.78 is 14.5. The van der Waals surface area contributed by atoms with Gasteiger partial charge in [0.2, 0.25) is 0 Å². The first kappa shape index (κ1) is 18.1. The fraction of sp³-hybridized carbons (Fsp3) is 0.421. The van der Waals surface area contributed by atoms with E-state index < -0.39 is 0 Å². The van der Waals surface area contributed by atoms with Gasteiger partial charge in [0.15, 0.2) is 0 Å². The van der Waals surface area contributed by atoms with E-state index in [9.17, 15) is 4.39 Å². The zero-order chi connectivity index (χ0) is 16.4. The van der Waals surface area contributed by atoms with Crippen molar-refractivity contribution < 1.29 is 4.39 Å². The summed E-state index contributed by atoms with van der Waals surface area (Å²) in [6.07, 6.45) is 9.45. The highest BCUT2D eigenvalue weighted by Gasteiger charge is 2.09. The quantitative estimate of drug-likeness (QED) is 0.543. The zero-order valence-corrected chi connectivity index (χ0v) is 14.1. The lowest BCUT2D eigenvalue weighted by molar-refractivity contribution is 0.608. The highest BCUT2D eigenvalue weighted by molar-refractivity contribution is 5.84. The molecule has 1 N–H and O–H groups in total. The number of hydrogen-bond donors (Lipinski definition) is 1. The molecule has 0 radical (unpaired) electrons. The van der Waals surface area contributed by atoms with Crippen molar-refractivity contribution in [2.45, 2.75) is 39.5 Å². The van der Waals surface area contributed by atoms with Gasteiger partial charge in [-0.15, -0.1) is 0 Å². The van der Waals surface area contributed by atoms with Crippen molar-refractivity contribution in [3.05, 3.63) is 53.5 Å². The molecule has 0 fully saturated rings. The number of halogens is 1. The number of allylic oxidation sites excluding steroid dienone is 3. The first-order valence-electron chi connectivity index (χ1n) is 7.94. The first-order valence-corrected chi connectivity index (χ1v) is 7.94. The van der Waals surface area contributed by atoms with Crippen molar-refractivity contribution in [3.63, 3.8) is 0 Å². The highest BCUT2D eigenvalue weighted by Crippen LogP contribution is 2.22. The van der Waals surface area contributed by atoms with E-state index in [1.165, 1.54) is 5.71 Å². The fourth-order valence-electron chi connectivity index (χ4n) is 2.35. The monoisotopic (exact) mass is 302 g/mol. The summed E-state index contributed by atoms with van der Waals surface area (Å²) in [4.78, 5) is 4.25. The maximum atomic E-state index is 14.5. The lowest BCUT2D eigenvalue weighted by Gasteiger charge is -2.08. The molecule has 0 saturated carbocycles. The Labute approximate surface area is 133 Å². The molecule has 0 amide bonds. The summed E-state index contributed by atoms with van der Waals surface area (Å²) in [5.74, 6) is -0.125. The summed E-state index contributed by atoms with van der Waals surface area (Å²) in [5, 5.41) is 3.00. The van der Waals surface area contributed by atoms with Gasteiger partial charge in [-0.1, -0.05) is 44.2 Å². The number of aryl methyl sites for hydroxylation is 1. The molecule has 2 nitrogen and oxygen atoms in total. The summed E-state index contributed by atoms with van der Waals surface area (Å²) in [6.45, 7) is 4.08. The second-order valence-corrected chi connectivity index (χ2v) is 5.11. The number of aliphatic imine (C=N–C) groups is 1. The Morgan fingerprint density at radius 1 is 1.32 bits per heavy atom. The minimum absolute atomic E-state index is 0.125. The Bertz CT molecular complexity index is 557. The Morgan fingerprint density at radius 2 is 2.09 bits per heavy atom. The number of nitrogens with one attached hydrogen (secondary N) is 1. The van der Waals surface area contributed by atoms with Gasteiger partial charge in [-0.05, 0) is 36.8 Å². The van der Waals surface area contributed by atoms with Gasteiger partial charge in [-0.25, -0.2) is 4.39 Å². The van der Waals surface area contributed by atoms with Crippen LogP contribution in [0.3, 0.4) is 0 Å². The molecule has 0 saturated heterocycles. The van der Waals surface area contributed by atoms with Crippen LogP contribution in [0.4, 0.5) is 4.39 Å². The Balaban J connectivity index is 2.90. The number of nitrogens with zero attached hydrogens (tertiary/aromatic N) is 1. The predicted octanol–water partition coefficient (Wildman–Crippen LogP) is 4.77. The molecular weight excluding hydrogens is 275 g/mol. The molecule has 0 atom stereocenters. The van der Waals surface area contributed by atoms with E-state index in [0.29, 0.717) is 12.0 Å². The molecule has 0 aliphatic rings. The summed E-state index contributed by atoms with van der Waals surface area (Å²) >= 11 is 0. The van der Waals surface area contributed by atoms with Gasteiger partial charge < -0.3 is 5.32 Å². The van der Waals surface area contributed by atoms with Crippen molar-refractivity contribution in [2.75, 3.05) is 14.1 Å². The molecule has 1 rings (SSSR count). The smallest absolute Gasteiger partial charge is 0.134 e. The van der Waals surface area contributed by atoms with Crippen molar-refractivity contribution in [1.82, 2.24) is 5.32 Å². The molecular formula is C19H27FN2. The van der Waals surface area contributed by atoms with Crippen LogP contribution < -0.4 is 5.32 Å². The van der Waals surface area contributed by atoms with E-state index in [4.69, 9.17) is 0 Å². The standard InChI is InChI=1S/C19H27FN2/c1-5-15-11-9-13-18(19(15)20)16(14-21-3)10-7-8-12-17(6-2)22-4/h7,9-11,13-14,21H,5-6,8,12H2,1-4H3/b10-7-,16-14+,22-17?. The summed E-state index contributed by atoms with van der Waals surface area (Å²) in [6, 6.07) is 5.57. The third kappa shape index (κ3) is 5.14. The number of hydrogen-bond acceptors (Lipinski definition) is 2. The van der Waals surface area contributed by atoms with Crippen LogP contribution in [0.5, 0.6) is 0 Å². The minimum atomic E-state index is -0.125. The van der Waals surface area contributed by atoms with Crippen LogP contribution >= 0.6 is 0 Å². The number of benzene rings is 1. The lowest BCUT2D eigenvalue weighted by Crippen LogP contribution is -1.99. The fourth-order valence-corrected chi connectivity index (χ4v) is 2.35. The third-order valence-electron chi connectivity index (χ3n) is 3.69. The van der Waals surface area contributed by atoms with Crippen molar-refractivity contribution in [1.29, 1.82) is 0 Å². The largest absolute Gasteiger partial charge is 0.393 e. The van der Waals surface area contributed by atoms with Crippen LogP contribution in [0.15, 0.2) is 41.5 Å². The van der Waals surface area contributed by atoms with Crippen molar-refractivity contribution >= 4 is 11.3 Å². The molecule has 120 valence electrons. The van der Waals surface area contributed by atoms with E-state index in [0.717, 1.165) is 30.4 Å². The Hall–Kier alpha value is -1.90. The SMILES string of the molecule is CCC(CC/C=C\C(=C/NC)c1cccc(CC)c1F)=NC. The van der Waals surface area contributed by atoms with Crippen LogP contribution in [0.2, 0.25) is 0 Å². The predicted molar refractivity (Wildman–Crippen MR) is 94.8 cm³/mol. The normalized spacial score (nSPS) is 13.0. The van der Waals surface area contributed by atoms with E-state index in [1.807, 2.05) is 51.5 Å². The molecule has 0 aromatic heterocycles. The second kappa shape index (κ2) is 9.93. The van der Waals surface area contributed by atoms with Gasteiger partial charge in [0, 0.05) is 31.6 Å². The van der Waals surface area contributed by atoms with E-state index in [-0.39, 0.29) is 5.82 Å². The first-order chi connectivity index (χ1) is 10.7. The average molecular weight is 302 g/mol. The van der Waals surface area contributed by atoms with Gasteiger partial charge in [0.05, 0.1) is 0 Å². The molecule has 0 unspecified atom stereocenters. The molecule has 3 heteroatoms. The highest BCUT2D eigenvalue weighted by atomic mass is 19.1. The third-order valence-corrected chi connectivity index (χ3v) is 3.69. The van der Waals surface area contributed by atoms with E-state index >= 15 is 0 Å². The molecule has 1 aromatic carbocycles. The second-order valence-electron chi connectivity index (χ2n) is 5.11. The molecule has 0 aliphatic heterocycles. The van der Waals surface area contributed by atoms with Crippen LogP contribution in [-0.4, -0.2) is 19.8 Å². The van der Waals surface area contributed by atoms with Crippen LogP contribution in [0.25, 0.3) is 5.57 Å². The maximum Gasteiger partial charge on any atom is 0.134 e. The lowest BCUT2D eigenvalue weighted by atomic mass is 10.0. The van der Waals surface area contributed by atoms with Gasteiger partial charge in [-0.3, -0.25) is 4.99 Å². The minimum Gasteiger partial charge on any atom is -0.393 e. The summed E-state index contributed by atoms with van der Waals surface area (Å²) in [5.41, 5.74) is 3.47. The molecule has 1 aromatic rings. The van der Waals surface area contributed by atoms with Gasteiger partial charge >= 0.3 is 0 Å². The molecule has 0 heterocycles. The van der Waals surface area contributed by atoms with Crippen LogP contribution in [-0.2, 0) is 6.42 Å². The zero-order valence-electron chi connectivity index (χ0n) is 14.1. The van der Waals surface area contributed by atoms with Crippen molar-refractivity contribution in [2.24, 2.45) is 4.99 Å². The van der Waals surface area contributed by atoms with E-state index in [1.54, 1.807) is 0 Å². The Morgan fingerprint density at radius 3 is 2.68 bits per heavy atom. The van der Waals surface area contributed by atoms with E-state index in [2.05, 4.69) is 23.3 Å². The summed E-state index contributed by atoms with van der Waals surface area (Å²) in [7, 11) is 3.66. The van der Waals surface area contributed by atoms with Crippen molar-refractivity contribution in [3.8, 4) is 0 Å². The van der Waals surface area contributed by atoms with Gasteiger partial charge in [-0.2, -0.15) is 0 Å². The molecule has 0 spiro atoms. The topological polar surface area (TPSA) is 24.4 Å². The molecule has 0 aliphatic carbocycles.